The molecule has 0 aliphatic rings. The summed E-state index contributed by atoms with van der Waals surface area (Å²) in [6.45, 7) is 4.00. The average Bonchev–Trinajstić information content (AvgIpc) is 2.62. The third kappa shape index (κ3) is 5.33. The molecule has 4 heteroatoms. The molecule has 0 aliphatic carbocycles. The van der Waals surface area contributed by atoms with Crippen LogP contribution in [0.15, 0.2) is 54.6 Å². The van der Waals surface area contributed by atoms with Crippen LogP contribution in [0.4, 0.5) is 0 Å². The van der Waals surface area contributed by atoms with E-state index < -0.39 is 0 Å². The quantitative estimate of drug-likeness (QED) is 0.441. The fourth-order valence-corrected chi connectivity index (χ4v) is 2.41. The van der Waals surface area contributed by atoms with Crippen molar-refractivity contribution in [1.29, 1.82) is 0 Å². The van der Waals surface area contributed by atoms with Gasteiger partial charge in [-0.1, -0.05) is 29.8 Å². The second-order valence-electron chi connectivity index (χ2n) is 5.31. The van der Waals surface area contributed by atoms with Gasteiger partial charge in [0, 0.05) is 0 Å². The molecule has 0 amide bonds. The Kier molecular flexibility index (Phi) is 9.25. The molecule has 0 radical (unpaired) electrons. The molecule has 3 nitrogen and oxygen atoms in total. The van der Waals surface area contributed by atoms with Gasteiger partial charge in [0.15, 0.2) is 6.29 Å². The molecule has 0 bridgehead atoms. The number of carbonyl (C=O) groups excluding carboxylic acids is 2. The smallest absolute Gasteiger partial charge is 0.507 e. The Balaban J connectivity index is 0.000000730. The van der Waals surface area contributed by atoms with Crippen molar-refractivity contribution in [2.75, 3.05) is 0 Å². The number of benzene rings is 3. The van der Waals surface area contributed by atoms with Crippen molar-refractivity contribution in [1.82, 2.24) is 0 Å². The summed E-state index contributed by atoms with van der Waals surface area (Å²) in [5, 5.41) is 11.2. The van der Waals surface area contributed by atoms with Crippen LogP contribution >= 0.6 is 0 Å². The van der Waals surface area contributed by atoms with E-state index in [9.17, 15) is 14.7 Å². The van der Waals surface area contributed by atoms with Gasteiger partial charge >= 0.3 is 51.4 Å². The van der Waals surface area contributed by atoms with E-state index >= 15 is 0 Å². The maximum absolute atomic E-state index is 11.1. The molecule has 3 rings (SSSR count). The van der Waals surface area contributed by atoms with Crippen LogP contribution in [0.2, 0.25) is 0 Å². The van der Waals surface area contributed by atoms with Crippen LogP contribution in [-0.2, 0) is 4.79 Å². The predicted octanol–water partition coefficient (Wildman–Crippen LogP) is 1.72. The van der Waals surface area contributed by atoms with Crippen LogP contribution in [0.3, 0.4) is 0 Å². The zero-order valence-corrected chi connectivity index (χ0v) is 17.7. The van der Waals surface area contributed by atoms with Crippen molar-refractivity contribution >= 4 is 23.3 Å². The number of aromatic hydroxyl groups is 1. The molecule has 25 heavy (non-hydrogen) atoms. The minimum atomic E-state index is -0.0252. The Morgan fingerprint density at radius 2 is 1.68 bits per heavy atom. The number of carbonyl (C=O) groups is 1. The number of rotatable bonds is 3. The molecule has 3 aromatic carbocycles. The van der Waals surface area contributed by atoms with Crippen molar-refractivity contribution in [3.63, 3.8) is 0 Å². The minimum absolute atomic E-state index is 0. The first-order chi connectivity index (χ1) is 11.6. The van der Waals surface area contributed by atoms with Gasteiger partial charge in [0.1, 0.15) is 5.75 Å². The van der Waals surface area contributed by atoms with E-state index in [1.807, 2.05) is 44.8 Å². The van der Waals surface area contributed by atoms with Gasteiger partial charge in [-0.15, -0.1) is 6.07 Å². The molecule has 0 fully saturated rings. The molecule has 0 unspecified atom stereocenters. The van der Waals surface area contributed by atoms with Crippen molar-refractivity contribution in [3.05, 3.63) is 72.1 Å². The van der Waals surface area contributed by atoms with E-state index in [4.69, 9.17) is 0 Å². The summed E-state index contributed by atoms with van der Waals surface area (Å²) < 4.78 is 0. The molecule has 0 spiro atoms. The second kappa shape index (κ2) is 10.6. The van der Waals surface area contributed by atoms with Gasteiger partial charge in [-0.05, 0) is 28.5 Å². The summed E-state index contributed by atoms with van der Waals surface area (Å²) in [6.07, 6.45) is 4.52. The van der Waals surface area contributed by atoms with Crippen LogP contribution < -0.4 is 51.4 Å². The summed E-state index contributed by atoms with van der Waals surface area (Å²) in [5.41, 5.74) is 2.61. The summed E-state index contributed by atoms with van der Waals surface area (Å²) in [7, 11) is 0. The van der Waals surface area contributed by atoms with Gasteiger partial charge < -0.3 is 16.3 Å². The third-order valence-electron chi connectivity index (χ3n) is 3.47. The number of fused-ring (bicyclic) bond motifs is 1. The maximum atomic E-state index is 11.1. The summed E-state index contributed by atoms with van der Waals surface area (Å²) in [6, 6.07) is 16.0. The molecular weight excluding hydrogens is 339 g/mol. The molecule has 0 saturated heterocycles. The number of aldehydes is 1. The Morgan fingerprint density at radius 3 is 2.32 bits per heavy atom. The summed E-state index contributed by atoms with van der Waals surface area (Å²) in [4.78, 5) is 21.8. The molecule has 0 saturated carbocycles. The van der Waals surface area contributed by atoms with E-state index in [0.717, 1.165) is 16.5 Å². The Labute approximate surface area is 190 Å². The zero-order valence-electron chi connectivity index (χ0n) is 14.6. The Hall–Kier alpha value is -1.30. The number of phenols is 1. The first-order valence-electron chi connectivity index (χ1n) is 7.58. The summed E-state index contributed by atoms with van der Waals surface area (Å²) >= 11 is 0. The third-order valence-corrected chi connectivity index (χ3v) is 3.47. The Bertz CT molecular complexity index is 872. The van der Waals surface area contributed by atoms with Gasteiger partial charge in [0.25, 0.3) is 0 Å². The van der Waals surface area contributed by atoms with Crippen molar-refractivity contribution in [3.8, 4) is 16.9 Å². The monoisotopic (exact) mass is 357 g/mol. The Morgan fingerprint density at radius 1 is 1.00 bits per heavy atom. The van der Waals surface area contributed by atoms with Gasteiger partial charge in [0.2, 0.25) is 0 Å². The minimum Gasteiger partial charge on any atom is -0.507 e. The molecule has 0 heterocycles. The largest absolute Gasteiger partial charge is 1.00 e. The molecule has 122 valence electrons. The number of phenolic OH excluding ortho intramolecular Hbond substituents is 1. The van der Waals surface area contributed by atoms with Crippen LogP contribution in [0.1, 0.15) is 29.8 Å². The zero-order chi connectivity index (χ0) is 17.5. The van der Waals surface area contributed by atoms with E-state index in [1.54, 1.807) is 30.3 Å². The average molecular weight is 357 g/mol. The second-order valence-corrected chi connectivity index (χ2v) is 5.31. The van der Waals surface area contributed by atoms with E-state index in [2.05, 4.69) is 0 Å². The van der Waals surface area contributed by atoms with E-state index in [1.165, 1.54) is 6.07 Å². The molecule has 1 N–H and O–H groups in total. The topological polar surface area (TPSA) is 54.4 Å². The molecule has 0 aliphatic heterocycles. The van der Waals surface area contributed by atoms with Crippen LogP contribution in [0.5, 0.6) is 5.75 Å². The van der Waals surface area contributed by atoms with Crippen LogP contribution in [0.25, 0.3) is 21.9 Å². The fraction of sp³-hybridized carbons (Fsp3) is 0.0952. The summed E-state index contributed by atoms with van der Waals surface area (Å²) in [5.74, 6) is -0.0252. The van der Waals surface area contributed by atoms with Crippen molar-refractivity contribution < 1.29 is 66.1 Å². The number of hydrogen-bond donors (Lipinski definition) is 1. The van der Waals surface area contributed by atoms with E-state index in [0.29, 0.717) is 17.2 Å². The van der Waals surface area contributed by atoms with Crippen molar-refractivity contribution in [2.24, 2.45) is 0 Å². The standard InChI is InChI=1S/C18H11O3.C3H7.K/c19-10-12-2-1-3-13(8-12)14-4-6-16-15(9-14)5-7-18(21)17(16)11-20;1-3-2;/h1-9,11,21H;3H,1-2H3;/q2*-1;+1. The normalized spacial score (nSPS) is 9.52. The molecule has 0 aromatic heterocycles. The van der Waals surface area contributed by atoms with Gasteiger partial charge in [-0.3, -0.25) is 4.79 Å². The molecule has 3 aromatic rings. The molecular formula is C21H18KO3-. The van der Waals surface area contributed by atoms with E-state index in [-0.39, 0.29) is 62.7 Å². The predicted molar refractivity (Wildman–Crippen MR) is 96.9 cm³/mol. The first-order valence-corrected chi connectivity index (χ1v) is 7.58. The number of hydrogen-bond acceptors (Lipinski definition) is 3. The SMILES string of the molecule is C[CH-]C.O=[C-]c1cccc(-c2ccc3c(C=O)c(O)ccc3c2)c1.[K+]. The van der Waals surface area contributed by atoms with Gasteiger partial charge in [-0.2, -0.15) is 31.5 Å². The van der Waals surface area contributed by atoms with Crippen LogP contribution in [-0.4, -0.2) is 17.7 Å². The van der Waals surface area contributed by atoms with Gasteiger partial charge in [-0.25, -0.2) is 0 Å². The first kappa shape index (κ1) is 21.7. The van der Waals surface area contributed by atoms with Crippen LogP contribution in [0, 0.1) is 6.42 Å². The van der Waals surface area contributed by atoms with Gasteiger partial charge in [0.05, 0.1) is 11.8 Å². The molecule has 0 atom stereocenters. The fourth-order valence-electron chi connectivity index (χ4n) is 2.41. The maximum Gasteiger partial charge on any atom is 1.00 e. The van der Waals surface area contributed by atoms with Crippen molar-refractivity contribution in [2.45, 2.75) is 13.8 Å².